The average molecular weight is 503 g/mol. The Morgan fingerprint density at radius 3 is 2.47 bits per heavy atom. The van der Waals surface area contributed by atoms with Crippen LogP contribution in [0.25, 0.3) is 16.8 Å². The molecule has 0 saturated carbocycles. The minimum atomic E-state index is -0.0930. The third-order valence-corrected chi connectivity index (χ3v) is 6.64. The molecule has 0 spiro atoms. The number of hydrazone groups is 1. The van der Waals surface area contributed by atoms with E-state index in [1.165, 1.54) is 0 Å². The van der Waals surface area contributed by atoms with Crippen molar-refractivity contribution in [3.8, 4) is 16.8 Å². The van der Waals surface area contributed by atoms with Gasteiger partial charge in [0.2, 0.25) is 0 Å². The summed E-state index contributed by atoms with van der Waals surface area (Å²) in [6, 6.07) is 21.6. The number of hydrogen-bond acceptors (Lipinski definition) is 4. The van der Waals surface area contributed by atoms with E-state index >= 15 is 0 Å². The van der Waals surface area contributed by atoms with E-state index < -0.39 is 0 Å². The maximum atomic E-state index is 13.6. The first-order valence-corrected chi connectivity index (χ1v) is 12.4. The molecule has 0 bridgehead atoms. The first-order valence-electron chi connectivity index (χ1n) is 12.0. The fourth-order valence-electron chi connectivity index (χ4n) is 4.44. The highest BCUT2D eigenvalue weighted by atomic mass is 35.5. The van der Waals surface area contributed by atoms with Crippen LogP contribution in [0.2, 0.25) is 5.02 Å². The zero-order chi connectivity index (χ0) is 25.7. The predicted octanol–water partition coefficient (Wildman–Crippen LogP) is 4.74. The number of aromatic nitrogens is 2. The van der Waals surface area contributed by atoms with E-state index in [9.17, 15) is 4.79 Å². The number of halogens is 1. The predicted molar refractivity (Wildman–Crippen MR) is 147 cm³/mol. The molecule has 1 heterocycles. The highest BCUT2D eigenvalue weighted by Crippen LogP contribution is 2.26. The van der Waals surface area contributed by atoms with Crippen LogP contribution in [-0.2, 0) is 13.0 Å². The fourth-order valence-corrected chi connectivity index (χ4v) is 4.75. The van der Waals surface area contributed by atoms with Crippen LogP contribution in [0.4, 0.5) is 0 Å². The summed E-state index contributed by atoms with van der Waals surface area (Å²) in [4.78, 5) is 13.6. The number of hydrogen-bond donors (Lipinski definition) is 3. The molecule has 0 aliphatic carbocycles. The van der Waals surface area contributed by atoms with E-state index in [2.05, 4.69) is 17.5 Å². The van der Waals surface area contributed by atoms with E-state index in [0.717, 1.165) is 58.5 Å². The van der Waals surface area contributed by atoms with Crippen molar-refractivity contribution in [3.63, 3.8) is 0 Å². The fraction of sp³-hybridized carbons (Fsp3) is 0.214. The number of para-hydroxylation sites is 1. The topological polar surface area (TPSA) is 103 Å². The lowest BCUT2D eigenvalue weighted by atomic mass is 9.98. The molecular weight excluding hydrogens is 472 g/mol. The number of imidazole rings is 1. The molecular formula is C28H31ClN6O. The quantitative estimate of drug-likeness (QED) is 0.140. The summed E-state index contributed by atoms with van der Waals surface area (Å²) in [7, 11) is 0. The summed E-state index contributed by atoms with van der Waals surface area (Å²) in [5, 5.41) is 4.31. The number of unbranched alkanes of at least 4 members (excludes halogenated alkanes) is 1. The molecule has 7 nitrogen and oxygen atoms in total. The number of hydrazine groups is 1. The molecule has 0 fully saturated rings. The maximum absolute atomic E-state index is 13.6. The van der Waals surface area contributed by atoms with E-state index in [1.807, 2.05) is 84.4 Å². The van der Waals surface area contributed by atoms with Crippen LogP contribution in [0.1, 0.15) is 42.1 Å². The van der Waals surface area contributed by atoms with Crippen molar-refractivity contribution in [2.24, 2.45) is 16.8 Å². The highest BCUT2D eigenvalue weighted by molar-refractivity contribution is 6.32. The van der Waals surface area contributed by atoms with Crippen molar-refractivity contribution in [3.05, 3.63) is 111 Å². The normalized spacial score (nSPS) is 11.6. The second kappa shape index (κ2) is 11.3. The monoisotopic (exact) mass is 502 g/mol. The molecule has 5 N–H and O–H groups in total. The molecule has 36 heavy (non-hydrogen) atoms. The number of nitrogens with two attached hydrogens (primary N) is 2. The standard InChI is InChI=1S/C28H31ClN6O/c1-3-4-9-22-18-35(26-19(2)8-7-12-25(26)29)28(36)34(22)17-20-13-15-21(16-14-20)23-10-5-6-11-24(23)27(32-30)33-31/h5-8,10-16,18H,3-4,9,17,30-31H2,1-2H3,(H,32,33). The number of aryl methyl sites for hydroxylation is 2. The Hall–Kier alpha value is -3.81. The lowest BCUT2D eigenvalue weighted by Gasteiger charge is -2.12. The van der Waals surface area contributed by atoms with Crippen LogP contribution in [0.5, 0.6) is 0 Å². The van der Waals surface area contributed by atoms with Crippen molar-refractivity contribution >= 4 is 17.4 Å². The minimum Gasteiger partial charge on any atom is -0.321 e. The van der Waals surface area contributed by atoms with Crippen LogP contribution in [-0.4, -0.2) is 15.0 Å². The van der Waals surface area contributed by atoms with Gasteiger partial charge in [-0.1, -0.05) is 85.6 Å². The number of benzene rings is 3. The van der Waals surface area contributed by atoms with Gasteiger partial charge in [-0.2, -0.15) is 5.10 Å². The first-order chi connectivity index (χ1) is 17.5. The van der Waals surface area contributed by atoms with Gasteiger partial charge >= 0.3 is 5.69 Å². The van der Waals surface area contributed by atoms with Gasteiger partial charge in [0, 0.05) is 17.5 Å². The van der Waals surface area contributed by atoms with Gasteiger partial charge in [0.1, 0.15) is 0 Å². The number of nitrogens with one attached hydrogen (secondary N) is 1. The van der Waals surface area contributed by atoms with Gasteiger partial charge in [-0.15, -0.1) is 0 Å². The second-order valence-electron chi connectivity index (χ2n) is 8.73. The molecule has 0 atom stereocenters. The molecule has 186 valence electrons. The van der Waals surface area contributed by atoms with Crippen molar-refractivity contribution in [2.75, 3.05) is 0 Å². The molecule has 0 saturated heterocycles. The number of nitrogens with zero attached hydrogens (tertiary/aromatic N) is 3. The number of rotatable bonds is 8. The molecule has 3 aromatic carbocycles. The van der Waals surface area contributed by atoms with E-state index in [1.54, 1.807) is 4.57 Å². The molecule has 0 unspecified atom stereocenters. The van der Waals surface area contributed by atoms with Crippen LogP contribution in [0.3, 0.4) is 0 Å². The Bertz CT molecular complexity index is 1420. The third-order valence-electron chi connectivity index (χ3n) is 6.33. The van der Waals surface area contributed by atoms with Gasteiger partial charge in [0.25, 0.3) is 0 Å². The summed E-state index contributed by atoms with van der Waals surface area (Å²) >= 11 is 6.50. The molecule has 0 aliphatic rings. The van der Waals surface area contributed by atoms with E-state index in [4.69, 9.17) is 23.3 Å². The van der Waals surface area contributed by atoms with E-state index in [0.29, 0.717) is 17.4 Å². The zero-order valence-electron chi connectivity index (χ0n) is 20.5. The molecule has 8 heteroatoms. The Balaban J connectivity index is 1.70. The van der Waals surface area contributed by atoms with E-state index in [-0.39, 0.29) is 5.69 Å². The first kappa shape index (κ1) is 25.3. The molecule has 0 amide bonds. The molecule has 0 radical (unpaired) electrons. The Kier molecular flexibility index (Phi) is 7.93. The van der Waals surface area contributed by atoms with Gasteiger partial charge in [0.05, 0.1) is 17.3 Å². The smallest absolute Gasteiger partial charge is 0.321 e. The molecule has 0 aliphatic heterocycles. The van der Waals surface area contributed by atoms with Crippen molar-refractivity contribution in [2.45, 2.75) is 39.7 Å². The van der Waals surface area contributed by atoms with Crippen molar-refractivity contribution < 1.29 is 0 Å². The minimum absolute atomic E-state index is 0.0930. The average Bonchev–Trinajstić information content (AvgIpc) is 3.19. The number of amidine groups is 1. The van der Waals surface area contributed by atoms with Gasteiger partial charge in [-0.25, -0.2) is 10.6 Å². The van der Waals surface area contributed by atoms with Crippen molar-refractivity contribution in [1.82, 2.24) is 14.6 Å². The summed E-state index contributed by atoms with van der Waals surface area (Å²) in [6.45, 7) is 4.58. The summed E-state index contributed by atoms with van der Waals surface area (Å²) in [6.07, 6.45) is 4.80. The van der Waals surface area contributed by atoms with Crippen LogP contribution in [0, 0.1) is 6.92 Å². The molecule has 4 rings (SSSR count). The van der Waals surface area contributed by atoms with Gasteiger partial charge in [0.15, 0.2) is 5.84 Å². The summed E-state index contributed by atoms with van der Waals surface area (Å²) < 4.78 is 3.53. The van der Waals surface area contributed by atoms with Gasteiger partial charge in [-0.05, 0) is 48.1 Å². The molecule has 4 aromatic rings. The van der Waals surface area contributed by atoms with Crippen LogP contribution in [0.15, 0.2) is 82.8 Å². The largest absolute Gasteiger partial charge is 0.333 e. The maximum Gasteiger partial charge on any atom is 0.333 e. The lowest BCUT2D eigenvalue weighted by Crippen LogP contribution is -2.32. The SMILES string of the molecule is CCCCc1cn(-c2c(C)cccc2Cl)c(=O)n1Cc1ccc(-c2ccccc2/C(=N/N)NN)cc1. The van der Waals surface area contributed by atoms with Crippen molar-refractivity contribution in [1.29, 1.82) is 0 Å². The Labute approximate surface area is 216 Å². The Morgan fingerprint density at radius 2 is 1.81 bits per heavy atom. The lowest BCUT2D eigenvalue weighted by molar-refractivity contribution is 0.674. The highest BCUT2D eigenvalue weighted by Gasteiger charge is 2.17. The molecule has 1 aromatic heterocycles. The zero-order valence-corrected chi connectivity index (χ0v) is 21.3. The van der Waals surface area contributed by atoms with Gasteiger partial charge in [-0.3, -0.25) is 9.13 Å². The third kappa shape index (κ3) is 5.08. The van der Waals surface area contributed by atoms with Gasteiger partial charge < -0.3 is 11.3 Å². The summed E-state index contributed by atoms with van der Waals surface area (Å²) in [5.41, 5.74) is 8.92. The van der Waals surface area contributed by atoms with Crippen LogP contribution < -0.4 is 22.8 Å². The second-order valence-corrected chi connectivity index (χ2v) is 9.14. The Morgan fingerprint density at radius 1 is 1.06 bits per heavy atom. The summed E-state index contributed by atoms with van der Waals surface area (Å²) in [5.74, 6) is 11.5. The van der Waals surface area contributed by atoms with Crippen LogP contribution >= 0.6 is 11.6 Å².